The monoisotopic (exact) mass is 508 g/mol. The van der Waals surface area contributed by atoms with E-state index < -0.39 is 11.6 Å². The summed E-state index contributed by atoms with van der Waals surface area (Å²) in [6.07, 6.45) is 1.79. The number of likely N-dealkylation sites (N-methyl/N-ethyl adjacent to an activating group) is 1. The van der Waals surface area contributed by atoms with Crippen LogP contribution in [0.1, 0.15) is 29.8 Å². The quantitative estimate of drug-likeness (QED) is 0.521. The van der Waals surface area contributed by atoms with E-state index >= 15 is 0 Å². The zero-order valence-corrected chi connectivity index (χ0v) is 21.3. The molecule has 10 heteroatoms. The predicted octanol–water partition coefficient (Wildman–Crippen LogP) is 3.99. The first-order valence-electron chi connectivity index (χ1n) is 12.3. The lowest BCUT2D eigenvalue weighted by atomic mass is 9.94. The lowest BCUT2D eigenvalue weighted by Gasteiger charge is -2.34. The van der Waals surface area contributed by atoms with Crippen LogP contribution in [0, 0.1) is 11.6 Å². The molecule has 0 spiro atoms. The fourth-order valence-corrected chi connectivity index (χ4v) is 4.91. The van der Waals surface area contributed by atoms with Gasteiger partial charge in [-0.1, -0.05) is 6.07 Å². The van der Waals surface area contributed by atoms with Crippen LogP contribution in [0.4, 0.5) is 26.1 Å². The molecule has 0 saturated heterocycles. The first-order valence-corrected chi connectivity index (χ1v) is 12.3. The van der Waals surface area contributed by atoms with Crippen molar-refractivity contribution in [1.29, 1.82) is 0 Å². The molecule has 2 N–H and O–H groups in total. The number of ether oxygens (including phenoxy) is 1. The number of hydrogen-bond donors (Lipinski definition) is 2. The number of nitrogens with one attached hydrogen (secondary N) is 2. The standard InChI is InChI=1S/C27H30F2N6O2/c1-15(2)35-7-8-37-25-21(28)10-17(11-23(25)35)24-22(29)13-30-27(33-24)32-18-6-5-16-9-19(14-34(3)4)31-26(36)20(16)12-18/h5-6,10-13,15,19H,7-9,14H2,1-4H3,(H,31,36)(H,30,32,33). The Morgan fingerprint density at radius 2 is 2.03 bits per heavy atom. The van der Waals surface area contributed by atoms with E-state index in [-0.39, 0.29) is 40.9 Å². The molecule has 2 aliphatic rings. The van der Waals surface area contributed by atoms with Crippen molar-refractivity contribution < 1.29 is 18.3 Å². The normalized spacial score (nSPS) is 16.8. The van der Waals surface area contributed by atoms with Crippen LogP contribution in [0.25, 0.3) is 11.3 Å². The molecular formula is C27H30F2N6O2. The number of carbonyl (C=O) groups is 1. The molecule has 1 unspecified atom stereocenters. The lowest BCUT2D eigenvalue weighted by Crippen LogP contribution is -2.46. The first-order chi connectivity index (χ1) is 17.7. The zero-order chi connectivity index (χ0) is 26.3. The molecule has 0 bridgehead atoms. The third-order valence-electron chi connectivity index (χ3n) is 6.55. The molecule has 2 aliphatic heterocycles. The molecule has 37 heavy (non-hydrogen) atoms. The molecule has 0 fully saturated rings. The number of rotatable bonds is 6. The molecule has 194 valence electrons. The fourth-order valence-electron chi connectivity index (χ4n) is 4.91. The predicted molar refractivity (Wildman–Crippen MR) is 139 cm³/mol. The van der Waals surface area contributed by atoms with Crippen LogP contribution in [0.15, 0.2) is 36.5 Å². The van der Waals surface area contributed by atoms with Crippen molar-refractivity contribution in [2.45, 2.75) is 32.4 Å². The summed E-state index contributed by atoms with van der Waals surface area (Å²) in [5, 5.41) is 6.09. The van der Waals surface area contributed by atoms with Gasteiger partial charge in [-0.2, -0.15) is 0 Å². The number of benzene rings is 2. The highest BCUT2D eigenvalue weighted by molar-refractivity contribution is 5.98. The Bertz CT molecular complexity index is 1350. The van der Waals surface area contributed by atoms with Crippen molar-refractivity contribution in [2.75, 3.05) is 44.0 Å². The van der Waals surface area contributed by atoms with Gasteiger partial charge in [0.1, 0.15) is 12.3 Å². The summed E-state index contributed by atoms with van der Waals surface area (Å²) in [5.41, 5.74) is 2.95. The number of carbonyl (C=O) groups excluding carboxylic acids is 1. The summed E-state index contributed by atoms with van der Waals surface area (Å²) in [4.78, 5) is 25.2. The van der Waals surface area contributed by atoms with Gasteiger partial charge in [0.2, 0.25) is 5.95 Å². The minimum Gasteiger partial charge on any atom is -0.486 e. The molecule has 8 nitrogen and oxygen atoms in total. The van der Waals surface area contributed by atoms with Gasteiger partial charge in [0.15, 0.2) is 17.4 Å². The van der Waals surface area contributed by atoms with E-state index in [0.717, 1.165) is 24.7 Å². The molecule has 0 radical (unpaired) electrons. The van der Waals surface area contributed by atoms with Crippen molar-refractivity contribution in [2.24, 2.45) is 0 Å². The second-order valence-electron chi connectivity index (χ2n) is 9.97. The van der Waals surface area contributed by atoms with Gasteiger partial charge in [0, 0.05) is 35.4 Å². The Morgan fingerprint density at radius 3 is 2.78 bits per heavy atom. The largest absolute Gasteiger partial charge is 0.486 e. The average molecular weight is 509 g/mol. The molecule has 3 heterocycles. The lowest BCUT2D eigenvalue weighted by molar-refractivity contribution is 0.0917. The second kappa shape index (κ2) is 9.93. The van der Waals surface area contributed by atoms with Crippen LogP contribution in [-0.2, 0) is 6.42 Å². The maximum absolute atomic E-state index is 15.0. The fraction of sp³-hybridized carbons (Fsp3) is 0.370. The van der Waals surface area contributed by atoms with Gasteiger partial charge in [0.05, 0.1) is 18.4 Å². The number of hydrogen-bond acceptors (Lipinski definition) is 7. The van der Waals surface area contributed by atoms with E-state index in [1.54, 1.807) is 12.1 Å². The molecule has 5 rings (SSSR count). The molecule has 0 saturated carbocycles. The molecule has 1 amide bonds. The van der Waals surface area contributed by atoms with Gasteiger partial charge >= 0.3 is 0 Å². The first kappa shape index (κ1) is 24.9. The Hall–Kier alpha value is -3.79. The number of fused-ring (bicyclic) bond motifs is 2. The molecular weight excluding hydrogens is 478 g/mol. The van der Waals surface area contributed by atoms with Crippen LogP contribution in [0.2, 0.25) is 0 Å². The van der Waals surface area contributed by atoms with Crippen molar-refractivity contribution in [3.05, 3.63) is 59.3 Å². The van der Waals surface area contributed by atoms with Crippen LogP contribution in [0.5, 0.6) is 5.75 Å². The number of amides is 1. The average Bonchev–Trinajstić information content (AvgIpc) is 2.84. The van der Waals surface area contributed by atoms with E-state index in [1.165, 1.54) is 6.07 Å². The third-order valence-corrected chi connectivity index (χ3v) is 6.55. The van der Waals surface area contributed by atoms with Crippen molar-refractivity contribution >= 4 is 23.2 Å². The topological polar surface area (TPSA) is 82.6 Å². The van der Waals surface area contributed by atoms with Crippen molar-refractivity contribution in [1.82, 2.24) is 20.2 Å². The maximum Gasteiger partial charge on any atom is 0.251 e. The van der Waals surface area contributed by atoms with E-state index in [0.29, 0.717) is 30.1 Å². The number of aromatic nitrogens is 2. The van der Waals surface area contributed by atoms with E-state index in [1.807, 2.05) is 49.9 Å². The highest BCUT2D eigenvalue weighted by Crippen LogP contribution is 2.39. The van der Waals surface area contributed by atoms with Crippen LogP contribution < -0.4 is 20.3 Å². The summed E-state index contributed by atoms with van der Waals surface area (Å²) in [5.74, 6) is -1.09. The molecule has 2 aromatic carbocycles. The molecule has 1 aromatic heterocycles. The Kier molecular flexibility index (Phi) is 6.68. The summed E-state index contributed by atoms with van der Waals surface area (Å²) < 4.78 is 35.3. The van der Waals surface area contributed by atoms with Crippen molar-refractivity contribution in [3.63, 3.8) is 0 Å². The van der Waals surface area contributed by atoms with E-state index in [9.17, 15) is 13.6 Å². The van der Waals surface area contributed by atoms with E-state index in [2.05, 4.69) is 20.6 Å². The number of nitrogens with zero attached hydrogens (tertiary/aromatic N) is 4. The van der Waals surface area contributed by atoms with Gasteiger partial charge in [0.25, 0.3) is 5.91 Å². The summed E-state index contributed by atoms with van der Waals surface area (Å²) in [6, 6.07) is 8.57. The summed E-state index contributed by atoms with van der Waals surface area (Å²) >= 11 is 0. The second-order valence-corrected chi connectivity index (χ2v) is 9.97. The van der Waals surface area contributed by atoms with Gasteiger partial charge < -0.3 is 25.2 Å². The SMILES string of the molecule is CC(C)N1CCOc2c(F)cc(-c3nc(Nc4ccc5c(c4)C(=O)NC(CN(C)C)C5)ncc3F)cc21. The van der Waals surface area contributed by atoms with Crippen LogP contribution >= 0.6 is 0 Å². The Balaban J connectivity index is 1.43. The minimum absolute atomic E-state index is 0.0318. The Morgan fingerprint density at radius 1 is 1.22 bits per heavy atom. The van der Waals surface area contributed by atoms with Gasteiger partial charge in [-0.15, -0.1) is 0 Å². The summed E-state index contributed by atoms with van der Waals surface area (Å²) in [6.45, 7) is 5.76. The van der Waals surface area contributed by atoms with Gasteiger partial charge in [-0.3, -0.25) is 4.79 Å². The van der Waals surface area contributed by atoms with Gasteiger partial charge in [-0.05, 0) is 64.2 Å². The van der Waals surface area contributed by atoms with Crippen LogP contribution in [-0.4, -0.2) is 66.7 Å². The maximum atomic E-state index is 15.0. The molecule has 1 atom stereocenters. The highest BCUT2D eigenvalue weighted by Gasteiger charge is 2.27. The third kappa shape index (κ3) is 5.06. The number of anilines is 3. The zero-order valence-electron chi connectivity index (χ0n) is 21.3. The smallest absolute Gasteiger partial charge is 0.251 e. The molecule has 0 aliphatic carbocycles. The van der Waals surface area contributed by atoms with E-state index in [4.69, 9.17) is 4.74 Å². The minimum atomic E-state index is -0.672. The Labute approximate surface area is 214 Å². The summed E-state index contributed by atoms with van der Waals surface area (Å²) in [7, 11) is 3.94. The van der Waals surface area contributed by atoms with Crippen LogP contribution in [0.3, 0.4) is 0 Å². The highest BCUT2D eigenvalue weighted by atomic mass is 19.1. The van der Waals surface area contributed by atoms with Gasteiger partial charge in [-0.25, -0.2) is 18.7 Å². The molecule has 3 aromatic rings. The number of halogens is 2. The van der Waals surface area contributed by atoms with Crippen molar-refractivity contribution in [3.8, 4) is 17.0 Å².